The van der Waals surface area contributed by atoms with Crippen molar-refractivity contribution in [3.05, 3.63) is 35.4 Å². The summed E-state index contributed by atoms with van der Waals surface area (Å²) in [4.78, 5) is 9.02. The third-order valence-corrected chi connectivity index (χ3v) is 4.81. The summed E-state index contributed by atoms with van der Waals surface area (Å²) in [5, 5.41) is 23.0. The zero-order valence-corrected chi connectivity index (χ0v) is 16.8. The highest BCUT2D eigenvalue weighted by atomic mass is 32.2. The minimum Gasteiger partial charge on any atom is -0.394 e. The Labute approximate surface area is 159 Å². The predicted molar refractivity (Wildman–Crippen MR) is 107 cm³/mol. The summed E-state index contributed by atoms with van der Waals surface area (Å²) in [5.74, 6) is 0.475. The highest BCUT2D eigenvalue weighted by molar-refractivity contribution is 7.98. The van der Waals surface area contributed by atoms with Gasteiger partial charge in [-0.2, -0.15) is 5.26 Å². The molecule has 0 radical (unpaired) electrons. The number of nitrogens with zero attached hydrogens (tertiary/aromatic N) is 3. The van der Waals surface area contributed by atoms with Crippen LogP contribution in [0.15, 0.2) is 29.4 Å². The number of benzene rings is 1. The van der Waals surface area contributed by atoms with E-state index in [0.29, 0.717) is 22.2 Å². The van der Waals surface area contributed by atoms with E-state index in [0.717, 1.165) is 12.0 Å². The molecule has 2 N–H and O–H groups in total. The van der Waals surface area contributed by atoms with Gasteiger partial charge in [0.2, 0.25) is 0 Å². The van der Waals surface area contributed by atoms with Gasteiger partial charge in [-0.05, 0) is 23.7 Å². The molecule has 0 fully saturated rings. The Bertz CT molecular complexity index is 787. The van der Waals surface area contributed by atoms with E-state index in [1.807, 2.05) is 25.3 Å². The van der Waals surface area contributed by atoms with Crippen molar-refractivity contribution in [2.45, 2.75) is 50.7 Å². The van der Waals surface area contributed by atoms with Crippen molar-refractivity contribution in [3.63, 3.8) is 0 Å². The van der Waals surface area contributed by atoms with Crippen LogP contribution in [-0.2, 0) is 5.41 Å². The van der Waals surface area contributed by atoms with Crippen LogP contribution in [0.25, 0.3) is 11.3 Å². The van der Waals surface area contributed by atoms with Gasteiger partial charge in [-0.1, -0.05) is 63.7 Å². The van der Waals surface area contributed by atoms with Crippen molar-refractivity contribution in [3.8, 4) is 17.3 Å². The van der Waals surface area contributed by atoms with Crippen LogP contribution in [0.2, 0.25) is 0 Å². The summed E-state index contributed by atoms with van der Waals surface area (Å²) >= 11 is 1.43. The smallest absolute Gasteiger partial charge is 0.189 e. The van der Waals surface area contributed by atoms with E-state index in [2.05, 4.69) is 54.3 Å². The Kier molecular flexibility index (Phi) is 6.63. The molecule has 0 amide bonds. The van der Waals surface area contributed by atoms with Crippen molar-refractivity contribution in [1.29, 1.82) is 5.26 Å². The Morgan fingerprint density at radius 3 is 2.35 bits per heavy atom. The molecule has 1 heterocycles. The molecule has 1 aromatic heterocycles. The standard InChI is InChI=1S/C20H26N4OS/c1-6-15(12-25)22-18-16(11-21)17(23-19(24-18)26-5)13-7-9-14(10-8-13)20(2,3)4/h7-10,15,25H,6,12H2,1-5H3,(H,22,23,24). The lowest BCUT2D eigenvalue weighted by atomic mass is 9.86. The third-order valence-electron chi connectivity index (χ3n) is 4.26. The van der Waals surface area contributed by atoms with Gasteiger partial charge < -0.3 is 10.4 Å². The Morgan fingerprint density at radius 1 is 1.23 bits per heavy atom. The summed E-state index contributed by atoms with van der Waals surface area (Å²) in [7, 11) is 0. The SMILES string of the molecule is CCC(CO)Nc1nc(SC)nc(-c2ccc(C(C)(C)C)cc2)c1C#N. The summed E-state index contributed by atoms with van der Waals surface area (Å²) in [6.07, 6.45) is 2.64. The number of aromatic nitrogens is 2. The predicted octanol–water partition coefficient (Wildman–Crippen LogP) is 4.22. The van der Waals surface area contributed by atoms with Gasteiger partial charge in [-0.25, -0.2) is 9.97 Å². The Morgan fingerprint density at radius 2 is 1.88 bits per heavy atom. The van der Waals surface area contributed by atoms with E-state index in [1.54, 1.807) is 0 Å². The van der Waals surface area contributed by atoms with Crippen LogP contribution >= 0.6 is 11.8 Å². The molecular formula is C20H26N4OS. The van der Waals surface area contributed by atoms with E-state index in [1.165, 1.54) is 17.3 Å². The Hall–Kier alpha value is -2.10. The van der Waals surface area contributed by atoms with Gasteiger partial charge in [-0.3, -0.25) is 0 Å². The van der Waals surface area contributed by atoms with Gasteiger partial charge in [0, 0.05) is 5.56 Å². The summed E-state index contributed by atoms with van der Waals surface area (Å²) in [6.45, 7) is 8.46. The molecule has 0 spiro atoms. The second-order valence-corrected chi connectivity index (χ2v) is 7.93. The van der Waals surface area contributed by atoms with Crippen molar-refractivity contribution in [2.24, 2.45) is 0 Å². The molecule has 0 bridgehead atoms. The number of nitrogens with one attached hydrogen (secondary N) is 1. The molecular weight excluding hydrogens is 344 g/mol. The van der Waals surface area contributed by atoms with Crippen LogP contribution in [-0.4, -0.2) is 34.0 Å². The topological polar surface area (TPSA) is 81.8 Å². The maximum atomic E-state index is 9.73. The summed E-state index contributed by atoms with van der Waals surface area (Å²) in [5.41, 5.74) is 3.19. The second-order valence-electron chi connectivity index (χ2n) is 7.15. The number of hydrogen-bond acceptors (Lipinski definition) is 6. The molecule has 5 nitrogen and oxygen atoms in total. The molecule has 1 unspecified atom stereocenters. The molecule has 6 heteroatoms. The number of nitriles is 1. The monoisotopic (exact) mass is 370 g/mol. The Balaban J connectivity index is 2.55. The van der Waals surface area contributed by atoms with Crippen molar-refractivity contribution >= 4 is 17.6 Å². The van der Waals surface area contributed by atoms with Crippen LogP contribution in [0.4, 0.5) is 5.82 Å². The molecule has 0 aliphatic carbocycles. The van der Waals surface area contributed by atoms with Crippen molar-refractivity contribution < 1.29 is 5.11 Å². The molecule has 1 atom stereocenters. The largest absolute Gasteiger partial charge is 0.394 e. The van der Waals surface area contributed by atoms with E-state index in [4.69, 9.17) is 0 Å². The molecule has 2 aromatic rings. The first-order valence-electron chi connectivity index (χ1n) is 8.68. The number of aliphatic hydroxyl groups excluding tert-OH is 1. The maximum absolute atomic E-state index is 9.73. The molecule has 1 aromatic carbocycles. The lowest BCUT2D eigenvalue weighted by molar-refractivity contribution is 0.271. The fraction of sp³-hybridized carbons (Fsp3) is 0.450. The molecule has 26 heavy (non-hydrogen) atoms. The van der Waals surface area contributed by atoms with Gasteiger partial charge in [0.1, 0.15) is 17.5 Å². The quantitative estimate of drug-likeness (QED) is 0.585. The summed E-state index contributed by atoms with van der Waals surface area (Å²) in [6, 6.07) is 10.2. The number of rotatable bonds is 6. The van der Waals surface area contributed by atoms with E-state index >= 15 is 0 Å². The molecule has 0 saturated carbocycles. The highest BCUT2D eigenvalue weighted by Crippen LogP contribution is 2.31. The first-order chi connectivity index (χ1) is 12.3. The van der Waals surface area contributed by atoms with Crippen LogP contribution in [0.1, 0.15) is 45.2 Å². The van der Waals surface area contributed by atoms with Crippen molar-refractivity contribution in [2.75, 3.05) is 18.2 Å². The zero-order chi connectivity index (χ0) is 19.3. The number of aliphatic hydroxyl groups is 1. The van der Waals surface area contributed by atoms with Crippen LogP contribution in [0.3, 0.4) is 0 Å². The highest BCUT2D eigenvalue weighted by Gasteiger charge is 2.19. The lowest BCUT2D eigenvalue weighted by Gasteiger charge is -2.20. The average Bonchev–Trinajstić information content (AvgIpc) is 2.64. The van der Waals surface area contributed by atoms with E-state index < -0.39 is 0 Å². The van der Waals surface area contributed by atoms with Crippen LogP contribution < -0.4 is 5.32 Å². The molecule has 0 aliphatic rings. The molecule has 138 valence electrons. The first-order valence-corrected chi connectivity index (χ1v) is 9.91. The van der Waals surface area contributed by atoms with Gasteiger partial charge >= 0.3 is 0 Å². The van der Waals surface area contributed by atoms with Crippen LogP contribution in [0.5, 0.6) is 0 Å². The fourth-order valence-corrected chi connectivity index (χ4v) is 2.91. The van der Waals surface area contributed by atoms with Crippen molar-refractivity contribution in [1.82, 2.24) is 9.97 Å². The van der Waals surface area contributed by atoms with Gasteiger partial charge in [0.25, 0.3) is 0 Å². The normalized spacial score (nSPS) is 12.5. The lowest BCUT2D eigenvalue weighted by Crippen LogP contribution is -2.24. The zero-order valence-electron chi connectivity index (χ0n) is 16.0. The fourth-order valence-electron chi connectivity index (χ4n) is 2.55. The van der Waals surface area contributed by atoms with Gasteiger partial charge in [-0.15, -0.1) is 0 Å². The van der Waals surface area contributed by atoms with Gasteiger partial charge in [0.05, 0.1) is 18.3 Å². The second kappa shape index (κ2) is 8.52. The average molecular weight is 371 g/mol. The number of thioether (sulfide) groups is 1. The number of anilines is 1. The third kappa shape index (κ3) is 4.54. The minimum absolute atomic E-state index is 0.0183. The summed E-state index contributed by atoms with van der Waals surface area (Å²) < 4.78 is 0. The maximum Gasteiger partial charge on any atom is 0.189 e. The molecule has 0 aliphatic heterocycles. The molecule has 2 rings (SSSR count). The van der Waals surface area contributed by atoms with Gasteiger partial charge in [0.15, 0.2) is 5.16 Å². The number of hydrogen-bond donors (Lipinski definition) is 2. The van der Waals surface area contributed by atoms with E-state index in [-0.39, 0.29) is 18.1 Å². The minimum atomic E-state index is -0.150. The van der Waals surface area contributed by atoms with E-state index in [9.17, 15) is 10.4 Å². The van der Waals surface area contributed by atoms with Crippen LogP contribution in [0, 0.1) is 11.3 Å². The first kappa shape index (κ1) is 20.2. The molecule has 0 saturated heterocycles.